The van der Waals surface area contributed by atoms with E-state index >= 15 is 0 Å². The summed E-state index contributed by atoms with van der Waals surface area (Å²) in [7, 11) is 1.95. The summed E-state index contributed by atoms with van der Waals surface area (Å²) in [4.78, 5) is 0. The van der Waals surface area contributed by atoms with Gasteiger partial charge in [-0.3, -0.25) is 0 Å². The van der Waals surface area contributed by atoms with Crippen molar-refractivity contribution in [2.24, 2.45) is 5.92 Å². The first-order valence-electron chi connectivity index (χ1n) is 6.94. The normalized spacial score (nSPS) is 14.8. The van der Waals surface area contributed by atoms with E-state index in [9.17, 15) is 4.39 Å². The lowest BCUT2D eigenvalue weighted by Gasteiger charge is -2.22. The number of rotatable bonds is 5. The number of halogens is 1. The van der Waals surface area contributed by atoms with Gasteiger partial charge in [0.15, 0.2) is 0 Å². The maximum atomic E-state index is 13.3. The van der Waals surface area contributed by atoms with Crippen molar-refractivity contribution in [3.63, 3.8) is 0 Å². The summed E-state index contributed by atoms with van der Waals surface area (Å²) in [5, 5.41) is 4.21. The lowest BCUT2D eigenvalue weighted by atomic mass is 9.93. The molecule has 0 bridgehead atoms. The summed E-state index contributed by atoms with van der Waals surface area (Å²) < 4.78 is 19.3. The molecule has 0 aliphatic heterocycles. The van der Waals surface area contributed by atoms with Crippen LogP contribution in [0.5, 0.6) is 0 Å². The zero-order valence-electron chi connectivity index (χ0n) is 12.1. The Morgan fingerprint density at radius 3 is 2.74 bits per heavy atom. The fourth-order valence-corrected chi connectivity index (χ4v) is 2.80. The Balaban J connectivity index is 2.46. The first-order chi connectivity index (χ1) is 9.08. The fourth-order valence-electron chi connectivity index (χ4n) is 2.80. The number of furan rings is 1. The van der Waals surface area contributed by atoms with Crippen molar-refractivity contribution in [3.05, 3.63) is 35.3 Å². The summed E-state index contributed by atoms with van der Waals surface area (Å²) >= 11 is 0. The van der Waals surface area contributed by atoms with Gasteiger partial charge < -0.3 is 9.73 Å². The summed E-state index contributed by atoms with van der Waals surface area (Å²) in [6.07, 6.45) is 2.28. The van der Waals surface area contributed by atoms with E-state index in [4.69, 9.17) is 4.42 Å². The molecule has 1 heterocycles. The van der Waals surface area contributed by atoms with Gasteiger partial charge in [0.2, 0.25) is 0 Å². The van der Waals surface area contributed by atoms with Crippen molar-refractivity contribution in [1.82, 2.24) is 5.32 Å². The zero-order chi connectivity index (χ0) is 14.0. The largest absolute Gasteiger partial charge is 0.459 e. The van der Waals surface area contributed by atoms with E-state index in [0.717, 1.165) is 35.1 Å². The lowest BCUT2D eigenvalue weighted by molar-refractivity contribution is 0.331. The summed E-state index contributed by atoms with van der Waals surface area (Å²) in [5.41, 5.74) is 1.80. The SMILES string of the molecule is CCCC(C)C(NC)c1oc2ccc(F)cc2c1C. The van der Waals surface area contributed by atoms with Crippen molar-refractivity contribution < 1.29 is 8.81 Å². The minimum absolute atomic E-state index is 0.176. The number of hydrogen-bond donors (Lipinski definition) is 1. The molecule has 2 unspecified atom stereocenters. The van der Waals surface area contributed by atoms with Crippen molar-refractivity contribution in [3.8, 4) is 0 Å². The third-order valence-corrected chi connectivity index (χ3v) is 3.84. The zero-order valence-corrected chi connectivity index (χ0v) is 12.1. The number of fused-ring (bicyclic) bond motifs is 1. The van der Waals surface area contributed by atoms with E-state index in [2.05, 4.69) is 19.2 Å². The van der Waals surface area contributed by atoms with Gasteiger partial charge in [0.05, 0.1) is 6.04 Å². The summed E-state index contributed by atoms with van der Waals surface area (Å²) in [6, 6.07) is 4.88. The molecule has 1 aromatic carbocycles. The molecular weight excluding hydrogens is 241 g/mol. The van der Waals surface area contributed by atoms with Crippen molar-refractivity contribution in [2.45, 2.75) is 39.7 Å². The molecule has 2 aromatic rings. The Morgan fingerprint density at radius 1 is 1.37 bits per heavy atom. The van der Waals surface area contributed by atoms with Crippen LogP contribution < -0.4 is 5.32 Å². The maximum Gasteiger partial charge on any atom is 0.134 e. The van der Waals surface area contributed by atoms with E-state index < -0.39 is 0 Å². The van der Waals surface area contributed by atoms with Crippen LogP contribution in [-0.2, 0) is 0 Å². The molecule has 3 heteroatoms. The minimum atomic E-state index is -0.217. The third-order valence-electron chi connectivity index (χ3n) is 3.84. The smallest absolute Gasteiger partial charge is 0.134 e. The second kappa shape index (κ2) is 5.74. The quantitative estimate of drug-likeness (QED) is 0.854. The van der Waals surface area contributed by atoms with E-state index in [1.807, 2.05) is 14.0 Å². The van der Waals surface area contributed by atoms with Crippen molar-refractivity contribution in [2.75, 3.05) is 7.05 Å². The number of benzene rings is 1. The Kier molecular flexibility index (Phi) is 4.25. The van der Waals surface area contributed by atoms with Gasteiger partial charge in [-0.05, 0) is 44.5 Å². The number of aryl methyl sites for hydroxylation is 1. The maximum absolute atomic E-state index is 13.3. The fraction of sp³-hybridized carbons (Fsp3) is 0.500. The van der Waals surface area contributed by atoms with Crippen LogP contribution in [0.2, 0.25) is 0 Å². The highest BCUT2D eigenvalue weighted by Gasteiger charge is 2.23. The van der Waals surface area contributed by atoms with Gasteiger partial charge in [-0.15, -0.1) is 0 Å². The topological polar surface area (TPSA) is 25.2 Å². The van der Waals surface area contributed by atoms with Crippen LogP contribution >= 0.6 is 0 Å². The van der Waals surface area contributed by atoms with Gasteiger partial charge in [0.1, 0.15) is 17.2 Å². The van der Waals surface area contributed by atoms with Crippen LogP contribution in [0.1, 0.15) is 44.1 Å². The highest BCUT2D eigenvalue weighted by Crippen LogP contribution is 2.34. The standard InChI is InChI=1S/C16H22FNO/c1-5-6-10(2)15(18-4)16-11(3)13-9-12(17)7-8-14(13)19-16/h7-10,15,18H,5-6H2,1-4H3. The van der Waals surface area contributed by atoms with Crippen LogP contribution in [0.3, 0.4) is 0 Å². The molecule has 0 fully saturated rings. The van der Waals surface area contributed by atoms with Gasteiger partial charge in [-0.25, -0.2) is 4.39 Å². The van der Waals surface area contributed by atoms with Gasteiger partial charge in [0, 0.05) is 10.9 Å². The molecule has 104 valence electrons. The highest BCUT2D eigenvalue weighted by atomic mass is 19.1. The van der Waals surface area contributed by atoms with Gasteiger partial charge >= 0.3 is 0 Å². The monoisotopic (exact) mass is 263 g/mol. The van der Waals surface area contributed by atoms with Crippen molar-refractivity contribution in [1.29, 1.82) is 0 Å². The summed E-state index contributed by atoms with van der Waals surface area (Å²) in [5.74, 6) is 1.20. The minimum Gasteiger partial charge on any atom is -0.459 e. The molecular formula is C16H22FNO. The molecule has 2 atom stereocenters. The van der Waals surface area contributed by atoms with Crippen LogP contribution in [0, 0.1) is 18.7 Å². The van der Waals surface area contributed by atoms with Crippen LogP contribution in [-0.4, -0.2) is 7.05 Å². The second-order valence-electron chi connectivity index (χ2n) is 5.26. The predicted molar refractivity (Wildman–Crippen MR) is 76.8 cm³/mol. The first kappa shape index (κ1) is 14.1. The molecule has 0 aliphatic carbocycles. The Morgan fingerprint density at radius 2 is 2.11 bits per heavy atom. The molecule has 2 nitrogen and oxygen atoms in total. The Hall–Kier alpha value is -1.35. The molecule has 1 N–H and O–H groups in total. The molecule has 0 spiro atoms. The molecule has 0 saturated carbocycles. The van der Waals surface area contributed by atoms with E-state index in [0.29, 0.717) is 5.92 Å². The highest BCUT2D eigenvalue weighted by molar-refractivity contribution is 5.82. The molecule has 0 aliphatic rings. The average molecular weight is 263 g/mol. The predicted octanol–water partition coefficient (Wildman–Crippen LogP) is 4.58. The van der Waals surface area contributed by atoms with E-state index in [1.54, 1.807) is 12.1 Å². The lowest BCUT2D eigenvalue weighted by Crippen LogP contribution is -2.23. The molecule has 0 amide bonds. The molecule has 0 saturated heterocycles. The van der Waals surface area contributed by atoms with Crippen LogP contribution in [0.15, 0.2) is 22.6 Å². The van der Waals surface area contributed by atoms with Crippen LogP contribution in [0.4, 0.5) is 4.39 Å². The van der Waals surface area contributed by atoms with Gasteiger partial charge in [-0.1, -0.05) is 20.3 Å². The Labute approximate surface area is 114 Å². The van der Waals surface area contributed by atoms with Crippen molar-refractivity contribution >= 4 is 11.0 Å². The summed E-state index contributed by atoms with van der Waals surface area (Å²) in [6.45, 7) is 6.41. The number of hydrogen-bond acceptors (Lipinski definition) is 2. The molecule has 0 radical (unpaired) electrons. The molecule has 19 heavy (non-hydrogen) atoms. The molecule has 2 rings (SSSR count). The first-order valence-corrected chi connectivity index (χ1v) is 6.94. The van der Waals surface area contributed by atoms with Gasteiger partial charge in [-0.2, -0.15) is 0 Å². The molecule has 1 aromatic heterocycles. The Bertz CT molecular complexity index is 561. The van der Waals surface area contributed by atoms with Crippen LogP contribution in [0.25, 0.3) is 11.0 Å². The second-order valence-corrected chi connectivity index (χ2v) is 5.26. The number of nitrogens with one attached hydrogen (secondary N) is 1. The third kappa shape index (κ3) is 2.66. The van der Waals surface area contributed by atoms with E-state index in [1.165, 1.54) is 6.07 Å². The van der Waals surface area contributed by atoms with Gasteiger partial charge in [0.25, 0.3) is 0 Å². The average Bonchev–Trinajstić information content (AvgIpc) is 2.69. The van der Waals surface area contributed by atoms with E-state index in [-0.39, 0.29) is 11.9 Å².